The van der Waals surface area contributed by atoms with Gasteiger partial charge in [-0.2, -0.15) is 0 Å². The molecule has 0 saturated carbocycles. The van der Waals surface area contributed by atoms with Crippen molar-refractivity contribution in [3.8, 4) is 0 Å². The molecule has 0 unspecified atom stereocenters. The summed E-state index contributed by atoms with van der Waals surface area (Å²) in [6.45, 7) is 7.54. The van der Waals surface area contributed by atoms with E-state index in [0.29, 0.717) is 39.1 Å². The fraction of sp³-hybridized carbons (Fsp3) is 0.800. The number of unbranched alkanes of at least 4 members (excludes halogenated alkanes) is 3. The van der Waals surface area contributed by atoms with Crippen molar-refractivity contribution in [2.45, 2.75) is 57.5 Å². The summed E-state index contributed by atoms with van der Waals surface area (Å²) in [7, 11) is 0. The van der Waals surface area contributed by atoms with Crippen LogP contribution in [0.2, 0.25) is 0 Å². The van der Waals surface area contributed by atoms with Crippen molar-refractivity contribution >= 4 is 5.78 Å². The van der Waals surface area contributed by atoms with Crippen LogP contribution in [0, 0.1) is 0 Å². The van der Waals surface area contributed by atoms with Gasteiger partial charge < -0.3 is 9.47 Å². The third-order valence-electron chi connectivity index (χ3n) is 3.54. The van der Waals surface area contributed by atoms with Crippen molar-refractivity contribution in [1.82, 2.24) is 0 Å². The normalized spacial score (nSPS) is 18.5. The number of rotatable bonds is 9. The Morgan fingerprint density at radius 3 is 2.67 bits per heavy atom. The third-order valence-corrected chi connectivity index (χ3v) is 3.54. The van der Waals surface area contributed by atoms with Crippen LogP contribution in [0.3, 0.4) is 0 Å². The summed E-state index contributed by atoms with van der Waals surface area (Å²) in [6.07, 6.45) is 8.22. The highest BCUT2D eigenvalue weighted by atomic mass is 16.5. The fourth-order valence-corrected chi connectivity index (χ4v) is 2.46. The van der Waals surface area contributed by atoms with Gasteiger partial charge in [0.25, 0.3) is 0 Å². The van der Waals surface area contributed by atoms with Crippen molar-refractivity contribution < 1.29 is 14.3 Å². The maximum absolute atomic E-state index is 12.3. The Morgan fingerprint density at radius 2 is 2.06 bits per heavy atom. The Kier molecular flexibility index (Phi) is 7.21. The molecule has 0 aliphatic carbocycles. The van der Waals surface area contributed by atoms with Crippen LogP contribution < -0.4 is 0 Å². The minimum Gasteiger partial charge on any atom is -0.381 e. The molecule has 1 heterocycles. The maximum Gasteiger partial charge on any atom is 0.164 e. The van der Waals surface area contributed by atoms with Gasteiger partial charge >= 0.3 is 0 Å². The van der Waals surface area contributed by atoms with Crippen LogP contribution >= 0.6 is 0 Å². The lowest BCUT2D eigenvalue weighted by Crippen LogP contribution is -2.46. The number of ketones is 1. The molecule has 0 radical (unpaired) electrons. The highest BCUT2D eigenvalue weighted by Gasteiger charge is 2.39. The first-order valence-electron chi connectivity index (χ1n) is 7.11. The van der Waals surface area contributed by atoms with Crippen molar-refractivity contribution in [1.29, 1.82) is 0 Å². The topological polar surface area (TPSA) is 35.5 Å². The van der Waals surface area contributed by atoms with Gasteiger partial charge in [0.1, 0.15) is 5.60 Å². The van der Waals surface area contributed by atoms with E-state index in [4.69, 9.17) is 9.47 Å². The van der Waals surface area contributed by atoms with Gasteiger partial charge in [-0.25, -0.2) is 0 Å². The van der Waals surface area contributed by atoms with Gasteiger partial charge in [0.2, 0.25) is 0 Å². The standard InChI is InChI=1S/C15H26O3/c1-3-5-6-7-8-9-14(16)15(18-4-2)10-12-17-13-11-15/h3H,1,4-13H2,2H3. The molecule has 18 heavy (non-hydrogen) atoms. The van der Waals surface area contributed by atoms with E-state index in [0.717, 1.165) is 25.7 Å². The third kappa shape index (κ3) is 4.54. The minimum absolute atomic E-state index is 0.270. The van der Waals surface area contributed by atoms with Gasteiger partial charge in [-0.3, -0.25) is 4.79 Å². The minimum atomic E-state index is -0.550. The molecule has 0 bridgehead atoms. The fourth-order valence-electron chi connectivity index (χ4n) is 2.46. The molecule has 0 atom stereocenters. The van der Waals surface area contributed by atoms with Gasteiger partial charge in [0.05, 0.1) is 0 Å². The Bertz CT molecular complexity index is 249. The first-order valence-corrected chi connectivity index (χ1v) is 7.11. The van der Waals surface area contributed by atoms with Crippen LogP contribution in [0.25, 0.3) is 0 Å². The molecule has 1 aliphatic rings. The molecule has 0 aromatic rings. The average Bonchev–Trinajstić information content (AvgIpc) is 2.39. The SMILES string of the molecule is C=CCCCCCC(=O)C1(OCC)CCOCC1. The van der Waals surface area contributed by atoms with Crippen molar-refractivity contribution in [2.24, 2.45) is 0 Å². The summed E-state index contributed by atoms with van der Waals surface area (Å²) >= 11 is 0. The first kappa shape index (κ1) is 15.4. The van der Waals surface area contributed by atoms with Gasteiger partial charge in [-0.1, -0.05) is 12.5 Å². The van der Waals surface area contributed by atoms with Gasteiger partial charge in [-0.05, 0) is 26.2 Å². The zero-order valence-electron chi connectivity index (χ0n) is 11.6. The van der Waals surface area contributed by atoms with Crippen LogP contribution in [0.5, 0.6) is 0 Å². The zero-order chi connectivity index (χ0) is 13.3. The highest BCUT2D eigenvalue weighted by Crippen LogP contribution is 2.28. The Labute approximate surface area is 111 Å². The summed E-state index contributed by atoms with van der Waals surface area (Å²) in [5.41, 5.74) is -0.550. The van der Waals surface area contributed by atoms with E-state index in [-0.39, 0.29) is 5.78 Å². The zero-order valence-corrected chi connectivity index (χ0v) is 11.6. The molecule has 0 N–H and O–H groups in total. The van der Waals surface area contributed by atoms with Crippen molar-refractivity contribution in [3.05, 3.63) is 12.7 Å². The van der Waals surface area contributed by atoms with Crippen LogP contribution in [-0.2, 0) is 14.3 Å². The molecule has 104 valence electrons. The van der Waals surface area contributed by atoms with E-state index in [2.05, 4.69) is 6.58 Å². The van der Waals surface area contributed by atoms with E-state index in [9.17, 15) is 4.79 Å². The number of carbonyl (C=O) groups is 1. The van der Waals surface area contributed by atoms with Crippen molar-refractivity contribution in [3.63, 3.8) is 0 Å². The lowest BCUT2D eigenvalue weighted by Gasteiger charge is -2.35. The molecule has 0 aromatic carbocycles. The number of carbonyl (C=O) groups excluding carboxylic acids is 1. The lowest BCUT2D eigenvalue weighted by molar-refractivity contribution is -0.157. The van der Waals surface area contributed by atoms with Gasteiger partial charge in [-0.15, -0.1) is 6.58 Å². The molecule has 0 aromatic heterocycles. The molecule has 1 saturated heterocycles. The van der Waals surface area contributed by atoms with Gasteiger partial charge in [0.15, 0.2) is 5.78 Å². The summed E-state index contributed by atoms with van der Waals surface area (Å²) in [5.74, 6) is 0.270. The molecular formula is C15H26O3. The second kappa shape index (κ2) is 8.44. The van der Waals surface area contributed by atoms with Crippen LogP contribution in [0.15, 0.2) is 12.7 Å². The maximum atomic E-state index is 12.3. The highest BCUT2D eigenvalue weighted by molar-refractivity contribution is 5.87. The summed E-state index contributed by atoms with van der Waals surface area (Å²) in [5, 5.41) is 0. The van der Waals surface area contributed by atoms with Crippen LogP contribution in [0.4, 0.5) is 0 Å². The van der Waals surface area contributed by atoms with E-state index in [1.807, 2.05) is 13.0 Å². The number of hydrogen-bond acceptors (Lipinski definition) is 3. The molecule has 1 aliphatic heterocycles. The molecule has 3 nitrogen and oxygen atoms in total. The summed E-state index contributed by atoms with van der Waals surface area (Å²) in [6, 6.07) is 0. The average molecular weight is 254 g/mol. The Balaban J connectivity index is 2.37. The second-order valence-electron chi connectivity index (χ2n) is 4.85. The molecule has 0 amide bonds. The number of Topliss-reactive ketones (excluding diaryl/α,β-unsaturated/α-hetero) is 1. The summed E-state index contributed by atoms with van der Waals surface area (Å²) in [4.78, 5) is 12.3. The van der Waals surface area contributed by atoms with Crippen LogP contribution in [-0.4, -0.2) is 31.2 Å². The molecule has 0 spiro atoms. The largest absolute Gasteiger partial charge is 0.381 e. The van der Waals surface area contributed by atoms with Crippen molar-refractivity contribution in [2.75, 3.05) is 19.8 Å². The second-order valence-corrected chi connectivity index (χ2v) is 4.85. The molecule has 1 fully saturated rings. The molecule has 3 heteroatoms. The van der Waals surface area contributed by atoms with Gasteiger partial charge in [0, 0.05) is 39.1 Å². The summed E-state index contributed by atoms with van der Waals surface area (Å²) < 4.78 is 11.1. The Hall–Kier alpha value is -0.670. The lowest BCUT2D eigenvalue weighted by atomic mass is 9.86. The quantitative estimate of drug-likeness (QED) is 0.468. The first-order chi connectivity index (χ1) is 8.75. The van der Waals surface area contributed by atoms with Crippen LogP contribution in [0.1, 0.15) is 51.9 Å². The monoisotopic (exact) mass is 254 g/mol. The molecule has 1 rings (SSSR count). The smallest absolute Gasteiger partial charge is 0.164 e. The number of allylic oxidation sites excluding steroid dienone is 1. The van der Waals surface area contributed by atoms with E-state index < -0.39 is 5.60 Å². The van der Waals surface area contributed by atoms with E-state index in [1.54, 1.807) is 0 Å². The Morgan fingerprint density at radius 1 is 1.33 bits per heavy atom. The van der Waals surface area contributed by atoms with E-state index >= 15 is 0 Å². The number of ether oxygens (including phenoxy) is 2. The van der Waals surface area contributed by atoms with E-state index in [1.165, 1.54) is 0 Å². The number of hydrogen-bond donors (Lipinski definition) is 0. The predicted molar refractivity (Wildman–Crippen MR) is 72.7 cm³/mol. The molecular weight excluding hydrogens is 228 g/mol. The predicted octanol–water partition coefficient (Wildman–Crippen LogP) is 3.28.